The van der Waals surface area contributed by atoms with E-state index >= 15 is 0 Å². The maximum Gasteiger partial charge on any atom is 0.247 e. The third-order valence-electron chi connectivity index (χ3n) is 2.99. The number of hydroxylamine groups is 1. The molecule has 2 aromatic rings. The highest BCUT2D eigenvalue weighted by Crippen LogP contribution is 2.18. The zero-order valence-electron chi connectivity index (χ0n) is 10.5. The van der Waals surface area contributed by atoms with Gasteiger partial charge in [-0.05, 0) is 36.4 Å². The van der Waals surface area contributed by atoms with E-state index in [9.17, 15) is 5.21 Å². The molecule has 1 heterocycles. The van der Waals surface area contributed by atoms with Crippen LogP contribution in [0.5, 0.6) is 5.75 Å². The molecule has 3 rings (SSSR count). The van der Waals surface area contributed by atoms with Crippen LogP contribution in [0.25, 0.3) is 0 Å². The smallest absolute Gasteiger partial charge is 0.247 e. The molecule has 0 aliphatic carbocycles. The summed E-state index contributed by atoms with van der Waals surface area (Å²) >= 11 is 0. The molecule has 5 nitrogen and oxygen atoms in total. The molecule has 0 fully saturated rings. The van der Waals surface area contributed by atoms with Gasteiger partial charge in [-0.25, -0.2) is 4.99 Å². The molecular formula is C14H13N3O2. The Hall–Kier alpha value is -2.56. The van der Waals surface area contributed by atoms with Gasteiger partial charge in [-0.2, -0.15) is 4.74 Å². The lowest BCUT2D eigenvalue weighted by atomic mass is 10.2. The average Bonchev–Trinajstić information content (AvgIpc) is 2.81. The zero-order chi connectivity index (χ0) is 13.2. The van der Waals surface area contributed by atoms with Crippen LogP contribution in [-0.4, -0.2) is 13.8 Å². The summed E-state index contributed by atoms with van der Waals surface area (Å²) in [5.74, 6) is 0.816. The van der Waals surface area contributed by atoms with Gasteiger partial charge in [-0.1, -0.05) is 0 Å². The van der Waals surface area contributed by atoms with Gasteiger partial charge in [0.1, 0.15) is 11.1 Å². The van der Waals surface area contributed by atoms with E-state index in [0.717, 1.165) is 27.2 Å². The van der Waals surface area contributed by atoms with E-state index in [1.54, 1.807) is 13.2 Å². The second kappa shape index (κ2) is 4.61. The van der Waals surface area contributed by atoms with Crippen LogP contribution >= 0.6 is 0 Å². The van der Waals surface area contributed by atoms with Gasteiger partial charge in [0.15, 0.2) is 0 Å². The predicted molar refractivity (Wildman–Crippen MR) is 73.0 cm³/mol. The molecule has 1 aliphatic rings. The first-order chi connectivity index (χ1) is 9.26. The molecule has 0 aromatic heterocycles. The summed E-state index contributed by atoms with van der Waals surface area (Å²) in [4.78, 5) is 4.16. The fourth-order valence-electron chi connectivity index (χ4n) is 2.00. The highest BCUT2D eigenvalue weighted by Gasteiger charge is 2.07. The number of rotatable bonds is 3. The normalized spacial score (nSPS) is 12.8. The first kappa shape index (κ1) is 11.5. The van der Waals surface area contributed by atoms with Crippen molar-refractivity contribution < 1.29 is 4.74 Å². The number of ether oxygens (including phenoxy) is 1. The number of fused-ring (bicyclic) bond motifs is 1. The molecule has 0 unspecified atom stereocenters. The average molecular weight is 255 g/mol. The first-order valence-corrected chi connectivity index (χ1v) is 5.93. The van der Waals surface area contributed by atoms with Crippen LogP contribution in [0.4, 0.5) is 11.4 Å². The van der Waals surface area contributed by atoms with Crippen molar-refractivity contribution in [2.75, 3.05) is 19.1 Å². The van der Waals surface area contributed by atoms with E-state index in [1.165, 1.54) is 0 Å². The zero-order valence-corrected chi connectivity index (χ0v) is 10.5. The first-order valence-electron chi connectivity index (χ1n) is 5.93. The molecular weight excluding hydrogens is 242 g/mol. The second-order valence-electron chi connectivity index (χ2n) is 4.24. The summed E-state index contributed by atoms with van der Waals surface area (Å²) in [6, 6.07) is 13.2. The van der Waals surface area contributed by atoms with Crippen molar-refractivity contribution in [2.45, 2.75) is 0 Å². The van der Waals surface area contributed by atoms with Crippen LogP contribution in [0.1, 0.15) is 0 Å². The summed E-state index contributed by atoms with van der Waals surface area (Å²) in [5, 5.41) is 16.0. The van der Waals surface area contributed by atoms with Crippen LogP contribution in [0.2, 0.25) is 0 Å². The Morgan fingerprint density at radius 2 is 1.89 bits per heavy atom. The molecule has 1 N–H and O–H groups in total. The number of methoxy groups -OCH3 is 1. The van der Waals surface area contributed by atoms with Crippen molar-refractivity contribution in [3.8, 4) is 5.75 Å². The number of hydrogen-bond acceptors (Lipinski definition) is 4. The minimum Gasteiger partial charge on any atom is -0.622 e. The van der Waals surface area contributed by atoms with E-state index in [1.807, 2.05) is 36.4 Å². The van der Waals surface area contributed by atoms with Gasteiger partial charge in [0.2, 0.25) is 12.0 Å². The summed E-state index contributed by atoms with van der Waals surface area (Å²) in [6.45, 7) is 0.182. The highest BCUT2D eigenvalue weighted by atomic mass is 16.5. The number of hydrogen-bond donors (Lipinski definition) is 1. The maximum absolute atomic E-state index is 11.4. The second-order valence-corrected chi connectivity index (χ2v) is 4.24. The molecule has 0 spiro atoms. The standard InChI is InChI=1S/C14H13N3O2/c1-19-12-5-2-10(3-6-12)16-11-4-7-14-13(8-11)15-9-17(14)18/h2-8,16H,9H2,1H3. The maximum atomic E-state index is 11.4. The molecule has 1 aliphatic heterocycles. The van der Waals surface area contributed by atoms with E-state index in [2.05, 4.69) is 10.3 Å². The number of anilines is 2. The van der Waals surface area contributed by atoms with E-state index < -0.39 is 0 Å². The topological polar surface area (TPSA) is 59.7 Å². The Bertz CT molecular complexity index is 723. The lowest BCUT2D eigenvalue weighted by Crippen LogP contribution is -2.30. The minimum absolute atomic E-state index is 0.182. The van der Waals surface area contributed by atoms with Gasteiger partial charge in [0.25, 0.3) is 0 Å². The number of benzene rings is 2. The van der Waals surface area contributed by atoms with Gasteiger partial charge in [-0.3, -0.25) is 0 Å². The molecule has 0 saturated heterocycles. The fraction of sp³-hybridized carbons (Fsp3) is 0.143. The van der Waals surface area contributed by atoms with Crippen molar-refractivity contribution in [2.24, 2.45) is 4.99 Å². The van der Waals surface area contributed by atoms with Crippen LogP contribution in [0.15, 0.2) is 47.5 Å². The Kier molecular flexibility index (Phi) is 2.79. The molecule has 96 valence electrons. The quantitative estimate of drug-likeness (QED) is 0.658. The van der Waals surface area contributed by atoms with Crippen LogP contribution in [-0.2, 0) is 0 Å². The van der Waals surface area contributed by atoms with Gasteiger partial charge in [-0.15, -0.1) is 0 Å². The van der Waals surface area contributed by atoms with E-state index in [-0.39, 0.29) is 6.67 Å². The predicted octanol–water partition coefficient (Wildman–Crippen LogP) is 1.02. The molecule has 5 heteroatoms. The van der Waals surface area contributed by atoms with Crippen molar-refractivity contribution in [1.82, 2.24) is 4.74 Å². The molecule has 0 atom stereocenters. The molecule has 19 heavy (non-hydrogen) atoms. The Balaban J connectivity index is 1.88. The number of nitrogens with one attached hydrogen (secondary N) is 1. The Labute approximate surface area is 110 Å². The van der Waals surface area contributed by atoms with Crippen LogP contribution in [0.3, 0.4) is 0 Å². The molecule has 0 radical (unpaired) electrons. The Morgan fingerprint density at radius 1 is 1.16 bits per heavy atom. The molecule has 0 amide bonds. The number of nitrogens with zero attached hydrogens (tertiary/aromatic N) is 2. The molecule has 2 aromatic carbocycles. The highest BCUT2D eigenvalue weighted by molar-refractivity contribution is 5.59. The van der Waals surface area contributed by atoms with Crippen LogP contribution in [0, 0.1) is 5.21 Å². The summed E-state index contributed by atoms with van der Waals surface area (Å²) in [6.07, 6.45) is 0. The van der Waals surface area contributed by atoms with Gasteiger partial charge < -0.3 is 15.3 Å². The summed E-state index contributed by atoms with van der Waals surface area (Å²) < 4.78 is 5.99. The van der Waals surface area contributed by atoms with Crippen LogP contribution < -0.4 is 25.5 Å². The summed E-state index contributed by atoms with van der Waals surface area (Å²) in [5.41, 5.74) is 1.86. The van der Waals surface area contributed by atoms with Crippen molar-refractivity contribution >= 4 is 11.4 Å². The monoisotopic (exact) mass is 255 g/mol. The van der Waals surface area contributed by atoms with E-state index in [4.69, 9.17) is 4.74 Å². The van der Waals surface area contributed by atoms with Gasteiger partial charge in [0, 0.05) is 17.4 Å². The largest absolute Gasteiger partial charge is 0.622 e. The lowest BCUT2D eigenvalue weighted by molar-refractivity contribution is 0.415. The molecule has 0 saturated carbocycles. The SMILES string of the molecule is COc1ccc(Nc2ccc3c(c2)=NC[N+]=3[O-])cc1. The fourth-order valence-corrected chi connectivity index (χ4v) is 2.00. The van der Waals surface area contributed by atoms with Crippen molar-refractivity contribution in [3.63, 3.8) is 0 Å². The third-order valence-corrected chi connectivity index (χ3v) is 2.99. The van der Waals surface area contributed by atoms with Crippen molar-refractivity contribution in [1.29, 1.82) is 0 Å². The van der Waals surface area contributed by atoms with Crippen molar-refractivity contribution in [3.05, 3.63) is 58.4 Å². The molecule has 0 bridgehead atoms. The lowest BCUT2D eigenvalue weighted by Gasteiger charge is -2.06. The third kappa shape index (κ3) is 2.22. The van der Waals surface area contributed by atoms with E-state index in [0.29, 0.717) is 5.36 Å². The Morgan fingerprint density at radius 3 is 2.63 bits per heavy atom. The van der Waals surface area contributed by atoms with Gasteiger partial charge >= 0.3 is 0 Å². The van der Waals surface area contributed by atoms with Gasteiger partial charge in [0.05, 0.1) is 7.11 Å². The summed E-state index contributed by atoms with van der Waals surface area (Å²) in [7, 11) is 1.64. The minimum atomic E-state index is 0.182.